The fraction of sp³-hybridized carbons (Fsp3) is 0.160. The second-order valence-corrected chi connectivity index (χ2v) is 9.55. The number of nitrogens with zero attached hydrogens (tertiary/aromatic N) is 4. The summed E-state index contributed by atoms with van der Waals surface area (Å²) >= 11 is 15.3. The van der Waals surface area contributed by atoms with E-state index < -0.39 is 4.92 Å². The van der Waals surface area contributed by atoms with E-state index in [1.54, 1.807) is 36.4 Å². The van der Waals surface area contributed by atoms with Crippen LogP contribution in [0.15, 0.2) is 69.0 Å². The zero-order valence-electron chi connectivity index (χ0n) is 19.0. The van der Waals surface area contributed by atoms with Gasteiger partial charge in [-0.2, -0.15) is 9.78 Å². The largest absolute Gasteiger partial charge is 0.482 e. The Balaban J connectivity index is 1.65. The Morgan fingerprint density at radius 3 is 2.67 bits per heavy atom. The number of fused-ring (bicyclic) bond motifs is 1. The van der Waals surface area contributed by atoms with Gasteiger partial charge in [-0.15, -0.1) is 0 Å². The summed E-state index contributed by atoms with van der Waals surface area (Å²) in [6.45, 7) is 2.05. The van der Waals surface area contributed by atoms with Crippen LogP contribution >= 0.6 is 39.1 Å². The highest BCUT2D eigenvalue weighted by atomic mass is 79.9. The Morgan fingerprint density at radius 2 is 1.94 bits per heavy atom. The normalized spacial score (nSPS) is 11.3. The van der Waals surface area contributed by atoms with Gasteiger partial charge in [0.25, 0.3) is 5.56 Å². The number of aromatic nitrogens is 2. The van der Waals surface area contributed by atoms with Gasteiger partial charge in [0.1, 0.15) is 12.4 Å². The molecule has 11 heteroatoms. The molecule has 0 saturated carbocycles. The van der Waals surface area contributed by atoms with Crippen LogP contribution in [0.1, 0.15) is 30.3 Å². The first-order valence-electron chi connectivity index (χ1n) is 10.9. The number of nitro benzene ring substituents is 1. The van der Waals surface area contributed by atoms with Crippen molar-refractivity contribution in [2.75, 3.05) is 0 Å². The van der Waals surface area contributed by atoms with Crippen molar-refractivity contribution in [2.45, 2.75) is 26.4 Å². The zero-order valence-corrected chi connectivity index (χ0v) is 22.0. The van der Waals surface area contributed by atoms with Crippen molar-refractivity contribution >= 4 is 61.9 Å². The molecule has 0 aliphatic carbocycles. The number of hydrogen-bond acceptors (Lipinski definition) is 6. The van der Waals surface area contributed by atoms with Crippen molar-refractivity contribution in [1.82, 2.24) is 9.66 Å². The molecule has 0 spiro atoms. The van der Waals surface area contributed by atoms with Crippen molar-refractivity contribution in [3.8, 4) is 5.75 Å². The third-order valence-corrected chi connectivity index (χ3v) is 6.46. The quantitative estimate of drug-likeness (QED) is 0.128. The number of hydrogen-bond donors (Lipinski definition) is 0. The lowest BCUT2D eigenvalue weighted by Gasteiger charge is -2.09. The van der Waals surface area contributed by atoms with Gasteiger partial charge in [-0.3, -0.25) is 14.9 Å². The maximum absolute atomic E-state index is 13.1. The van der Waals surface area contributed by atoms with Crippen molar-refractivity contribution in [3.63, 3.8) is 0 Å². The fourth-order valence-corrected chi connectivity index (χ4v) is 4.18. The molecule has 36 heavy (non-hydrogen) atoms. The lowest BCUT2D eigenvalue weighted by atomic mass is 10.2. The molecule has 0 bridgehead atoms. The van der Waals surface area contributed by atoms with E-state index in [1.807, 2.05) is 13.0 Å². The monoisotopic (exact) mass is 588 g/mol. The summed E-state index contributed by atoms with van der Waals surface area (Å²) in [6, 6.07) is 14.7. The number of rotatable bonds is 8. The molecule has 0 N–H and O–H groups in total. The minimum absolute atomic E-state index is 0.0687. The van der Waals surface area contributed by atoms with Crippen LogP contribution in [-0.4, -0.2) is 20.8 Å². The molecule has 0 aliphatic heterocycles. The summed E-state index contributed by atoms with van der Waals surface area (Å²) in [7, 11) is 0. The second-order valence-electron chi connectivity index (χ2n) is 7.82. The summed E-state index contributed by atoms with van der Waals surface area (Å²) in [5, 5.41) is 17.2. The highest BCUT2D eigenvalue weighted by Crippen LogP contribution is 2.29. The molecule has 3 aromatic carbocycles. The predicted molar refractivity (Wildman–Crippen MR) is 145 cm³/mol. The molecule has 184 valence electrons. The van der Waals surface area contributed by atoms with Gasteiger partial charge in [0.15, 0.2) is 5.75 Å². The van der Waals surface area contributed by atoms with Crippen LogP contribution < -0.4 is 10.3 Å². The lowest BCUT2D eigenvalue weighted by Crippen LogP contribution is -2.22. The molecule has 0 unspecified atom stereocenters. The van der Waals surface area contributed by atoms with Gasteiger partial charge in [0.05, 0.1) is 32.1 Å². The van der Waals surface area contributed by atoms with E-state index in [4.69, 9.17) is 27.9 Å². The van der Waals surface area contributed by atoms with E-state index in [-0.39, 0.29) is 23.6 Å². The molecule has 4 rings (SSSR count). The Labute approximate surface area is 224 Å². The van der Waals surface area contributed by atoms with Crippen molar-refractivity contribution in [2.24, 2.45) is 5.10 Å². The molecule has 0 fully saturated rings. The fourth-order valence-electron chi connectivity index (χ4n) is 3.49. The SMILES string of the molecule is CCCc1nc2ccc(Br)cc2c(=O)n1N=Cc1ccc(OCc2ccc(Cl)c(Cl)c2)c([N+](=O)[O-])c1. The van der Waals surface area contributed by atoms with E-state index in [2.05, 4.69) is 26.0 Å². The molecule has 1 aromatic heterocycles. The molecule has 4 aromatic rings. The van der Waals surface area contributed by atoms with Crippen LogP contribution in [0.2, 0.25) is 10.0 Å². The molecular formula is C25H19BrCl2N4O4. The number of halogens is 3. The van der Waals surface area contributed by atoms with Gasteiger partial charge >= 0.3 is 5.69 Å². The minimum Gasteiger partial charge on any atom is -0.482 e. The smallest absolute Gasteiger partial charge is 0.311 e. The van der Waals surface area contributed by atoms with Crippen LogP contribution in [-0.2, 0) is 13.0 Å². The second kappa shape index (κ2) is 11.2. The van der Waals surface area contributed by atoms with Gasteiger partial charge in [-0.05, 0) is 54.4 Å². The summed E-state index contributed by atoms with van der Waals surface area (Å²) < 4.78 is 7.65. The Morgan fingerprint density at radius 1 is 1.14 bits per heavy atom. The van der Waals surface area contributed by atoms with Crippen LogP contribution in [0, 0.1) is 10.1 Å². The van der Waals surface area contributed by atoms with Crippen LogP contribution in [0.25, 0.3) is 10.9 Å². The van der Waals surface area contributed by atoms with Crippen LogP contribution in [0.3, 0.4) is 0 Å². The van der Waals surface area contributed by atoms with E-state index in [0.29, 0.717) is 44.3 Å². The van der Waals surface area contributed by atoms with Gasteiger partial charge < -0.3 is 4.74 Å². The lowest BCUT2D eigenvalue weighted by molar-refractivity contribution is -0.385. The Bertz CT molecular complexity index is 1560. The predicted octanol–water partition coefficient (Wildman–Crippen LogP) is 6.79. The van der Waals surface area contributed by atoms with Crippen molar-refractivity contribution < 1.29 is 9.66 Å². The molecule has 0 amide bonds. The first kappa shape index (κ1) is 25.8. The zero-order chi connectivity index (χ0) is 25.8. The first-order chi connectivity index (χ1) is 17.3. The van der Waals surface area contributed by atoms with Gasteiger partial charge in [0.2, 0.25) is 0 Å². The maximum atomic E-state index is 13.1. The third-order valence-electron chi connectivity index (χ3n) is 5.23. The number of benzene rings is 3. The average molecular weight is 590 g/mol. The molecular weight excluding hydrogens is 571 g/mol. The van der Waals surface area contributed by atoms with Crippen LogP contribution in [0.5, 0.6) is 5.75 Å². The van der Waals surface area contributed by atoms with Gasteiger partial charge in [-0.1, -0.05) is 52.1 Å². The van der Waals surface area contributed by atoms with Crippen molar-refractivity contribution in [1.29, 1.82) is 0 Å². The van der Waals surface area contributed by atoms with Crippen LogP contribution in [0.4, 0.5) is 5.69 Å². The van der Waals surface area contributed by atoms with E-state index in [0.717, 1.165) is 10.9 Å². The standard InChI is InChI=1S/C25H19BrCl2N4O4/c1-2-3-24-30-21-8-6-17(26)12-18(21)25(33)31(24)29-13-15-5-9-23(22(11-15)32(34)35)36-14-16-4-7-19(27)20(28)10-16/h4-13H,2-3,14H2,1H3. The Hall–Kier alpha value is -3.27. The average Bonchev–Trinajstić information content (AvgIpc) is 2.85. The first-order valence-corrected chi connectivity index (χ1v) is 12.4. The summed E-state index contributed by atoms with van der Waals surface area (Å²) in [4.78, 5) is 28.9. The van der Waals surface area contributed by atoms with Gasteiger partial charge in [0, 0.05) is 22.5 Å². The van der Waals surface area contributed by atoms with Crippen molar-refractivity contribution in [3.05, 3.63) is 107 Å². The number of ether oxygens (including phenoxy) is 1. The van der Waals surface area contributed by atoms with Gasteiger partial charge in [-0.25, -0.2) is 4.98 Å². The Kier molecular flexibility index (Phi) is 8.03. The molecule has 0 aliphatic rings. The minimum atomic E-state index is -0.536. The number of nitro groups is 1. The highest BCUT2D eigenvalue weighted by molar-refractivity contribution is 9.10. The summed E-state index contributed by atoms with van der Waals surface area (Å²) in [5.74, 6) is 0.592. The number of aryl methyl sites for hydroxylation is 1. The highest BCUT2D eigenvalue weighted by Gasteiger charge is 2.17. The molecule has 0 atom stereocenters. The topological polar surface area (TPSA) is 99.6 Å². The molecule has 8 nitrogen and oxygen atoms in total. The molecule has 0 radical (unpaired) electrons. The van der Waals surface area contributed by atoms with E-state index in [9.17, 15) is 14.9 Å². The maximum Gasteiger partial charge on any atom is 0.311 e. The summed E-state index contributed by atoms with van der Waals surface area (Å²) in [6.07, 6.45) is 2.70. The summed E-state index contributed by atoms with van der Waals surface area (Å²) in [5.41, 5.74) is 1.16. The van der Waals surface area contributed by atoms with E-state index >= 15 is 0 Å². The molecule has 1 heterocycles. The third kappa shape index (κ3) is 5.75. The molecule has 0 saturated heterocycles. The van der Waals surface area contributed by atoms with E-state index in [1.165, 1.54) is 23.0 Å².